The van der Waals surface area contributed by atoms with Gasteiger partial charge in [-0.15, -0.1) is 0 Å². The van der Waals surface area contributed by atoms with E-state index in [0.717, 1.165) is 22.4 Å². The number of nitrogens with zero attached hydrogens (tertiary/aromatic N) is 2. The lowest BCUT2D eigenvalue weighted by atomic mass is 10.1. The van der Waals surface area contributed by atoms with Crippen LogP contribution in [-0.2, 0) is 16.6 Å². The second-order valence-corrected chi connectivity index (χ2v) is 5.67. The third-order valence-corrected chi connectivity index (χ3v) is 3.73. The van der Waals surface area contributed by atoms with Crippen LogP contribution < -0.4 is 5.32 Å². The molecule has 0 fully saturated rings. The van der Waals surface area contributed by atoms with Crippen LogP contribution >= 0.6 is 0 Å². The van der Waals surface area contributed by atoms with Crippen molar-refractivity contribution in [3.8, 4) is 0 Å². The number of benzene rings is 1. The van der Waals surface area contributed by atoms with Crippen molar-refractivity contribution in [2.45, 2.75) is 27.7 Å². The summed E-state index contributed by atoms with van der Waals surface area (Å²) in [5, 5.41) is 6.77. The molecular formula is C17H21N3O3. The molecule has 1 aromatic carbocycles. The molecule has 1 amide bonds. The van der Waals surface area contributed by atoms with E-state index in [1.54, 1.807) is 18.7 Å². The first-order valence-electron chi connectivity index (χ1n) is 7.33. The summed E-state index contributed by atoms with van der Waals surface area (Å²) in [7, 11) is 1.74. The number of rotatable bonds is 4. The number of anilines is 1. The van der Waals surface area contributed by atoms with Crippen LogP contribution in [0.1, 0.15) is 32.7 Å². The van der Waals surface area contributed by atoms with Crippen molar-refractivity contribution in [3.63, 3.8) is 0 Å². The average Bonchev–Trinajstić information content (AvgIpc) is 2.80. The Morgan fingerprint density at radius 1 is 1.17 bits per heavy atom. The Bertz CT molecular complexity index is 739. The van der Waals surface area contributed by atoms with Crippen LogP contribution in [0.15, 0.2) is 18.3 Å². The summed E-state index contributed by atoms with van der Waals surface area (Å²) in [6, 6.07) is 3.99. The molecule has 1 heterocycles. The smallest absolute Gasteiger partial charge is 0.342 e. The zero-order chi connectivity index (χ0) is 17.1. The average molecular weight is 315 g/mol. The van der Waals surface area contributed by atoms with Crippen molar-refractivity contribution in [1.82, 2.24) is 9.78 Å². The van der Waals surface area contributed by atoms with Crippen molar-refractivity contribution in [1.29, 1.82) is 0 Å². The first kappa shape index (κ1) is 16.7. The number of carbonyl (C=O) groups excluding carboxylic acids is 2. The third-order valence-electron chi connectivity index (χ3n) is 3.73. The van der Waals surface area contributed by atoms with E-state index in [1.165, 1.54) is 6.20 Å². The Morgan fingerprint density at radius 3 is 2.30 bits per heavy atom. The summed E-state index contributed by atoms with van der Waals surface area (Å²) in [4.78, 5) is 24.0. The molecule has 6 heteroatoms. The minimum Gasteiger partial charge on any atom is -0.452 e. The second kappa shape index (κ2) is 6.64. The summed E-state index contributed by atoms with van der Waals surface area (Å²) >= 11 is 0. The van der Waals surface area contributed by atoms with Crippen molar-refractivity contribution >= 4 is 17.6 Å². The van der Waals surface area contributed by atoms with Crippen LogP contribution in [0.4, 0.5) is 5.69 Å². The molecule has 0 bridgehead atoms. The quantitative estimate of drug-likeness (QED) is 0.880. The Balaban J connectivity index is 1.98. The third kappa shape index (κ3) is 3.77. The highest BCUT2D eigenvalue weighted by Gasteiger charge is 2.16. The van der Waals surface area contributed by atoms with Gasteiger partial charge in [0, 0.05) is 18.4 Å². The SMILES string of the molecule is Cc1cc(C)c(NC(=O)COC(=O)c2cnn(C)c2C)c(C)c1. The first-order valence-corrected chi connectivity index (χ1v) is 7.33. The van der Waals surface area contributed by atoms with Gasteiger partial charge in [0.1, 0.15) is 5.56 Å². The van der Waals surface area contributed by atoms with Gasteiger partial charge in [0.25, 0.3) is 5.91 Å². The largest absolute Gasteiger partial charge is 0.452 e. The number of hydrogen-bond acceptors (Lipinski definition) is 4. The van der Waals surface area contributed by atoms with Gasteiger partial charge in [0.05, 0.1) is 6.20 Å². The monoisotopic (exact) mass is 315 g/mol. The van der Waals surface area contributed by atoms with Gasteiger partial charge in [-0.2, -0.15) is 5.10 Å². The lowest BCUT2D eigenvalue weighted by molar-refractivity contribution is -0.119. The predicted molar refractivity (Wildman–Crippen MR) is 87.5 cm³/mol. The van der Waals surface area contributed by atoms with Gasteiger partial charge < -0.3 is 10.1 Å². The molecule has 0 saturated heterocycles. The van der Waals surface area contributed by atoms with E-state index in [1.807, 2.05) is 32.9 Å². The standard InChI is InChI=1S/C17H21N3O3/c1-10-6-11(2)16(12(3)7-10)19-15(21)9-23-17(22)14-8-18-20(5)13(14)4/h6-8H,9H2,1-5H3,(H,19,21). The van der Waals surface area contributed by atoms with Gasteiger partial charge in [-0.1, -0.05) is 17.7 Å². The Morgan fingerprint density at radius 2 is 1.78 bits per heavy atom. The van der Waals surface area contributed by atoms with Gasteiger partial charge in [-0.05, 0) is 38.8 Å². The molecule has 0 aliphatic rings. The summed E-state index contributed by atoms with van der Waals surface area (Å²) in [6.07, 6.45) is 1.43. The second-order valence-electron chi connectivity index (χ2n) is 5.67. The Hall–Kier alpha value is -2.63. The topological polar surface area (TPSA) is 73.2 Å². The lowest BCUT2D eigenvalue weighted by Crippen LogP contribution is -2.22. The van der Waals surface area contributed by atoms with Crippen molar-refractivity contribution in [2.75, 3.05) is 11.9 Å². The zero-order valence-corrected chi connectivity index (χ0v) is 14.1. The molecule has 23 heavy (non-hydrogen) atoms. The first-order chi connectivity index (χ1) is 10.8. The molecule has 0 aliphatic carbocycles. The molecule has 0 spiro atoms. The fourth-order valence-corrected chi connectivity index (χ4v) is 2.46. The summed E-state index contributed by atoms with van der Waals surface area (Å²) in [5.74, 6) is -0.918. The van der Waals surface area contributed by atoms with E-state index in [0.29, 0.717) is 11.3 Å². The van der Waals surface area contributed by atoms with Crippen LogP contribution in [-0.4, -0.2) is 28.3 Å². The summed E-state index contributed by atoms with van der Waals surface area (Å²) in [6.45, 7) is 7.30. The number of carbonyl (C=O) groups is 2. The van der Waals surface area contributed by atoms with Crippen LogP contribution in [0.5, 0.6) is 0 Å². The molecule has 6 nitrogen and oxygen atoms in total. The molecular weight excluding hydrogens is 294 g/mol. The fraction of sp³-hybridized carbons (Fsp3) is 0.353. The van der Waals surface area contributed by atoms with Crippen LogP contribution in [0, 0.1) is 27.7 Å². The predicted octanol–water partition coefficient (Wildman–Crippen LogP) is 2.45. The van der Waals surface area contributed by atoms with E-state index in [9.17, 15) is 9.59 Å². The fourth-order valence-electron chi connectivity index (χ4n) is 2.46. The van der Waals surface area contributed by atoms with E-state index in [-0.39, 0.29) is 12.5 Å². The molecule has 0 radical (unpaired) electrons. The Labute approximate surface area is 135 Å². The molecule has 0 saturated carbocycles. The number of esters is 1. The van der Waals surface area contributed by atoms with E-state index in [4.69, 9.17) is 4.74 Å². The number of ether oxygens (including phenoxy) is 1. The van der Waals surface area contributed by atoms with Crippen LogP contribution in [0.2, 0.25) is 0 Å². The van der Waals surface area contributed by atoms with Crippen molar-refractivity contribution in [3.05, 3.63) is 46.3 Å². The van der Waals surface area contributed by atoms with Gasteiger partial charge in [-0.3, -0.25) is 9.48 Å². The highest BCUT2D eigenvalue weighted by molar-refractivity contribution is 5.96. The molecule has 0 aliphatic heterocycles. The van der Waals surface area contributed by atoms with Gasteiger partial charge in [0.2, 0.25) is 0 Å². The summed E-state index contributed by atoms with van der Waals surface area (Å²) < 4.78 is 6.63. The maximum absolute atomic E-state index is 12.0. The molecule has 2 rings (SSSR count). The maximum atomic E-state index is 12.0. The van der Waals surface area contributed by atoms with Crippen molar-refractivity contribution in [2.24, 2.45) is 7.05 Å². The van der Waals surface area contributed by atoms with E-state index in [2.05, 4.69) is 10.4 Å². The molecule has 1 N–H and O–H groups in total. The zero-order valence-electron chi connectivity index (χ0n) is 14.1. The van der Waals surface area contributed by atoms with Crippen molar-refractivity contribution < 1.29 is 14.3 Å². The number of amides is 1. The molecule has 0 atom stereocenters. The van der Waals surface area contributed by atoms with Crippen LogP contribution in [0.25, 0.3) is 0 Å². The minimum absolute atomic E-state index is 0.333. The highest BCUT2D eigenvalue weighted by atomic mass is 16.5. The number of aromatic nitrogens is 2. The number of hydrogen-bond donors (Lipinski definition) is 1. The number of aryl methyl sites for hydroxylation is 4. The molecule has 1 aromatic heterocycles. The summed E-state index contributed by atoms with van der Waals surface area (Å²) in [5.41, 5.74) is 4.91. The minimum atomic E-state index is -0.553. The Kier molecular flexibility index (Phi) is 4.83. The molecule has 2 aromatic rings. The van der Waals surface area contributed by atoms with Crippen LogP contribution in [0.3, 0.4) is 0 Å². The normalized spacial score (nSPS) is 10.5. The maximum Gasteiger partial charge on any atom is 0.342 e. The lowest BCUT2D eigenvalue weighted by Gasteiger charge is -2.13. The van der Waals surface area contributed by atoms with Gasteiger partial charge in [-0.25, -0.2) is 4.79 Å². The van der Waals surface area contributed by atoms with Gasteiger partial charge in [0.15, 0.2) is 6.61 Å². The van der Waals surface area contributed by atoms with E-state index < -0.39 is 5.97 Å². The number of nitrogens with one attached hydrogen (secondary N) is 1. The molecule has 122 valence electrons. The van der Waals surface area contributed by atoms with Gasteiger partial charge >= 0.3 is 5.97 Å². The van der Waals surface area contributed by atoms with E-state index >= 15 is 0 Å². The molecule has 0 unspecified atom stereocenters. The highest BCUT2D eigenvalue weighted by Crippen LogP contribution is 2.21.